The second-order valence-corrected chi connectivity index (χ2v) is 10.5. The average Bonchev–Trinajstić information content (AvgIpc) is 3.26. The number of aliphatic hydroxyl groups excluding tert-OH is 1. The summed E-state index contributed by atoms with van der Waals surface area (Å²) in [4.78, 5) is 28.8. The van der Waals surface area contributed by atoms with Crippen molar-refractivity contribution in [3.05, 3.63) is 40.8 Å². The second-order valence-electron chi connectivity index (χ2n) is 9.45. The normalized spacial score (nSPS) is 25.2. The lowest BCUT2D eigenvalue weighted by atomic mass is 9.81. The van der Waals surface area contributed by atoms with Gasteiger partial charge in [-0.25, -0.2) is 4.79 Å². The first-order valence-corrected chi connectivity index (χ1v) is 12.6. The number of nitriles is 1. The topological polar surface area (TPSA) is 102 Å². The van der Waals surface area contributed by atoms with Crippen LogP contribution in [0.5, 0.6) is 0 Å². The molecule has 174 valence electrons. The summed E-state index contributed by atoms with van der Waals surface area (Å²) in [6, 6.07) is 10.9. The van der Waals surface area contributed by atoms with E-state index in [1.165, 1.54) is 11.3 Å². The van der Waals surface area contributed by atoms with E-state index in [0.29, 0.717) is 42.9 Å². The van der Waals surface area contributed by atoms with Gasteiger partial charge in [0.05, 0.1) is 23.4 Å². The Bertz CT molecular complexity index is 1040. The molecule has 1 aromatic carbocycles. The number of hydrogen-bond acceptors (Lipinski definition) is 5. The van der Waals surface area contributed by atoms with Crippen molar-refractivity contribution in [2.24, 2.45) is 11.8 Å². The highest BCUT2D eigenvalue weighted by Crippen LogP contribution is 2.41. The summed E-state index contributed by atoms with van der Waals surface area (Å²) in [6.45, 7) is 2.21. The largest absolute Gasteiger partial charge is 0.477 e. The highest BCUT2D eigenvalue weighted by Gasteiger charge is 2.37. The van der Waals surface area contributed by atoms with Crippen LogP contribution in [0.15, 0.2) is 30.3 Å². The fraction of sp³-hybridized carbons (Fsp3) is 0.500. The number of aliphatic hydroxyl groups is 1. The van der Waals surface area contributed by atoms with E-state index in [1.54, 1.807) is 17.0 Å². The molecule has 0 radical (unpaired) electrons. The lowest BCUT2D eigenvalue weighted by Crippen LogP contribution is -2.47. The number of carboxylic acid groups (broad SMARTS) is 1. The van der Waals surface area contributed by atoms with Crippen molar-refractivity contribution in [3.63, 3.8) is 0 Å². The van der Waals surface area contributed by atoms with Crippen molar-refractivity contribution in [3.8, 4) is 16.5 Å². The third-order valence-corrected chi connectivity index (χ3v) is 8.26. The zero-order chi connectivity index (χ0) is 23.5. The van der Waals surface area contributed by atoms with Crippen molar-refractivity contribution in [1.82, 2.24) is 0 Å². The van der Waals surface area contributed by atoms with Crippen LogP contribution in [0, 0.1) is 23.2 Å². The average molecular weight is 467 g/mol. The van der Waals surface area contributed by atoms with Gasteiger partial charge in [-0.2, -0.15) is 5.26 Å². The fourth-order valence-electron chi connectivity index (χ4n) is 5.08. The molecule has 7 heteroatoms. The Morgan fingerprint density at radius 3 is 2.24 bits per heavy atom. The van der Waals surface area contributed by atoms with E-state index < -0.39 is 5.97 Å². The highest BCUT2D eigenvalue weighted by molar-refractivity contribution is 7.18. The lowest BCUT2D eigenvalue weighted by Gasteiger charge is -2.38. The summed E-state index contributed by atoms with van der Waals surface area (Å²) in [5, 5.41) is 29.1. The molecule has 6 nitrogen and oxygen atoms in total. The highest BCUT2D eigenvalue weighted by atomic mass is 32.1. The summed E-state index contributed by atoms with van der Waals surface area (Å²) in [7, 11) is 0. The van der Waals surface area contributed by atoms with Gasteiger partial charge in [-0.3, -0.25) is 4.79 Å². The molecule has 4 rings (SSSR count). The Kier molecular flexibility index (Phi) is 7.16. The minimum absolute atomic E-state index is 0.0231. The van der Waals surface area contributed by atoms with Gasteiger partial charge >= 0.3 is 5.97 Å². The first-order chi connectivity index (χ1) is 15.9. The number of anilines is 1. The van der Waals surface area contributed by atoms with E-state index in [2.05, 4.69) is 13.0 Å². The molecule has 1 amide bonds. The van der Waals surface area contributed by atoms with Crippen LogP contribution in [0.1, 0.15) is 73.5 Å². The summed E-state index contributed by atoms with van der Waals surface area (Å²) in [5.74, 6) is -0.491. The Morgan fingerprint density at radius 1 is 1.03 bits per heavy atom. The molecular formula is C26H30N2O4S. The number of benzene rings is 1. The minimum atomic E-state index is -1.04. The second kappa shape index (κ2) is 10.1. The van der Waals surface area contributed by atoms with Crippen molar-refractivity contribution in [2.75, 3.05) is 4.90 Å². The van der Waals surface area contributed by atoms with Crippen molar-refractivity contribution < 1.29 is 19.8 Å². The number of carbonyl (C=O) groups is 2. The van der Waals surface area contributed by atoms with Crippen LogP contribution >= 0.6 is 11.3 Å². The monoisotopic (exact) mass is 466 g/mol. The first kappa shape index (κ1) is 23.5. The molecule has 0 atom stereocenters. The number of carbonyl (C=O) groups excluding carboxylic acids is 1. The fourth-order valence-corrected chi connectivity index (χ4v) is 6.07. The zero-order valence-electron chi connectivity index (χ0n) is 18.9. The Morgan fingerprint density at radius 2 is 1.67 bits per heavy atom. The number of rotatable bonds is 5. The van der Waals surface area contributed by atoms with Crippen LogP contribution in [0.3, 0.4) is 0 Å². The SMILES string of the molecule is CC1CCC(C(=O)N(c2cc(-c3ccc(C#N)cc3)sc2C(=O)O)C2CCC(O)CC2)CC1. The van der Waals surface area contributed by atoms with Gasteiger partial charge in [0.1, 0.15) is 4.88 Å². The quantitative estimate of drug-likeness (QED) is 0.610. The number of nitrogens with zero attached hydrogens (tertiary/aromatic N) is 2. The maximum absolute atomic E-state index is 13.8. The molecule has 1 heterocycles. The molecular weight excluding hydrogens is 436 g/mol. The summed E-state index contributed by atoms with van der Waals surface area (Å²) in [6.07, 6.45) is 5.90. The van der Waals surface area contributed by atoms with Crippen molar-refractivity contribution in [2.45, 2.75) is 70.4 Å². The van der Waals surface area contributed by atoms with Crippen LogP contribution in [-0.4, -0.2) is 34.2 Å². The number of amides is 1. The molecule has 2 aromatic rings. The van der Waals surface area contributed by atoms with E-state index in [1.807, 2.05) is 18.2 Å². The molecule has 0 saturated heterocycles. The Hall–Kier alpha value is -2.69. The molecule has 2 fully saturated rings. The van der Waals surface area contributed by atoms with Gasteiger partial charge in [-0.05, 0) is 81.0 Å². The summed E-state index contributed by atoms with van der Waals surface area (Å²) >= 11 is 1.17. The van der Waals surface area contributed by atoms with E-state index >= 15 is 0 Å². The van der Waals surface area contributed by atoms with E-state index in [4.69, 9.17) is 5.26 Å². The van der Waals surface area contributed by atoms with Gasteiger partial charge in [0.2, 0.25) is 5.91 Å². The predicted octanol–water partition coefficient (Wildman–Crippen LogP) is 5.45. The van der Waals surface area contributed by atoms with Gasteiger partial charge in [0.25, 0.3) is 0 Å². The van der Waals surface area contributed by atoms with Crippen LogP contribution in [0.2, 0.25) is 0 Å². The van der Waals surface area contributed by atoms with Gasteiger partial charge in [-0.1, -0.05) is 19.1 Å². The molecule has 0 aliphatic heterocycles. The Labute approximate surface area is 198 Å². The maximum atomic E-state index is 13.8. The van der Waals surface area contributed by atoms with Crippen LogP contribution in [0.25, 0.3) is 10.4 Å². The summed E-state index contributed by atoms with van der Waals surface area (Å²) < 4.78 is 0. The van der Waals surface area contributed by atoms with Gasteiger partial charge in [0, 0.05) is 16.8 Å². The molecule has 2 saturated carbocycles. The number of aromatic carboxylic acids is 1. The molecule has 0 unspecified atom stereocenters. The predicted molar refractivity (Wildman–Crippen MR) is 128 cm³/mol. The van der Waals surface area contributed by atoms with Gasteiger partial charge < -0.3 is 15.1 Å². The van der Waals surface area contributed by atoms with Crippen LogP contribution < -0.4 is 4.90 Å². The molecule has 2 aliphatic carbocycles. The molecule has 33 heavy (non-hydrogen) atoms. The lowest BCUT2D eigenvalue weighted by molar-refractivity contribution is -0.124. The third-order valence-electron chi connectivity index (χ3n) is 7.10. The molecule has 1 aromatic heterocycles. The smallest absolute Gasteiger partial charge is 0.348 e. The summed E-state index contributed by atoms with van der Waals surface area (Å²) in [5.41, 5.74) is 1.83. The van der Waals surface area contributed by atoms with Crippen LogP contribution in [0.4, 0.5) is 5.69 Å². The van der Waals surface area contributed by atoms with E-state index in [9.17, 15) is 19.8 Å². The molecule has 2 N–H and O–H groups in total. The van der Waals surface area contributed by atoms with Gasteiger partial charge in [0.15, 0.2) is 0 Å². The van der Waals surface area contributed by atoms with Crippen LogP contribution in [-0.2, 0) is 4.79 Å². The standard InChI is InChI=1S/C26H30N2O4S/c1-16-2-6-19(7-3-16)25(30)28(20-10-12-21(29)13-11-20)22-14-23(33-24(22)26(31)32)18-8-4-17(15-27)5-9-18/h4-5,8-9,14,16,19-21,29H,2-3,6-7,10-13H2,1H3,(H,31,32). The molecule has 0 bridgehead atoms. The van der Waals surface area contributed by atoms with Crippen molar-refractivity contribution in [1.29, 1.82) is 5.26 Å². The molecule has 2 aliphatic rings. The maximum Gasteiger partial charge on any atom is 0.348 e. The number of carboxylic acids is 1. The van der Waals surface area contributed by atoms with E-state index in [-0.39, 0.29) is 28.8 Å². The van der Waals surface area contributed by atoms with E-state index in [0.717, 1.165) is 36.1 Å². The minimum Gasteiger partial charge on any atom is -0.477 e. The number of hydrogen-bond donors (Lipinski definition) is 2. The number of thiophene rings is 1. The molecule has 0 spiro atoms. The van der Waals surface area contributed by atoms with Crippen molar-refractivity contribution >= 4 is 28.9 Å². The first-order valence-electron chi connectivity index (χ1n) is 11.8. The Balaban J connectivity index is 1.73. The zero-order valence-corrected chi connectivity index (χ0v) is 19.7. The van der Waals surface area contributed by atoms with Gasteiger partial charge in [-0.15, -0.1) is 11.3 Å². The third kappa shape index (κ3) is 5.13.